The van der Waals surface area contributed by atoms with Gasteiger partial charge in [0, 0.05) is 23.9 Å². The van der Waals surface area contributed by atoms with Gasteiger partial charge in [0.2, 0.25) is 11.8 Å². The fraction of sp³-hybridized carbons (Fsp3) is 0.391. The number of rotatable bonds is 10. The second-order valence-electron chi connectivity index (χ2n) is 6.95. The first kappa shape index (κ1) is 23.3. The molecule has 2 amide bonds. The van der Waals surface area contributed by atoms with E-state index in [-0.39, 0.29) is 11.8 Å². The van der Waals surface area contributed by atoms with E-state index in [0.29, 0.717) is 30.3 Å². The predicted molar refractivity (Wildman–Crippen MR) is 122 cm³/mol. The van der Waals surface area contributed by atoms with Crippen LogP contribution in [0.2, 0.25) is 5.02 Å². The van der Waals surface area contributed by atoms with E-state index in [0.717, 1.165) is 16.9 Å². The Hall–Kier alpha value is -1.98. The fourth-order valence-corrected chi connectivity index (χ4v) is 4.02. The first-order chi connectivity index (χ1) is 13.9. The Morgan fingerprint density at radius 3 is 2.24 bits per heavy atom. The highest BCUT2D eigenvalue weighted by molar-refractivity contribution is 7.99. The zero-order valence-electron chi connectivity index (χ0n) is 17.3. The van der Waals surface area contributed by atoms with Crippen molar-refractivity contribution < 1.29 is 9.59 Å². The number of likely N-dealkylation sites (N-methyl/N-ethyl adjacent to an activating group) is 1. The summed E-state index contributed by atoms with van der Waals surface area (Å²) in [4.78, 5) is 27.4. The summed E-state index contributed by atoms with van der Waals surface area (Å²) < 4.78 is 0. The number of nitrogens with zero attached hydrogens (tertiary/aromatic N) is 1. The van der Waals surface area contributed by atoms with Crippen LogP contribution in [0.5, 0.6) is 0 Å². The zero-order valence-corrected chi connectivity index (χ0v) is 18.9. The number of aryl methyl sites for hydroxylation is 1. The van der Waals surface area contributed by atoms with Crippen molar-refractivity contribution in [1.29, 1.82) is 0 Å². The molecule has 0 aliphatic rings. The summed E-state index contributed by atoms with van der Waals surface area (Å²) in [7, 11) is 0. The minimum Gasteiger partial charge on any atom is -0.355 e. The molecular formula is C23H29ClN2O2S. The molecule has 2 rings (SSSR count). The van der Waals surface area contributed by atoms with Gasteiger partial charge in [0.1, 0.15) is 6.04 Å². The van der Waals surface area contributed by atoms with Crippen molar-refractivity contribution in [1.82, 2.24) is 10.2 Å². The number of hydrogen-bond acceptors (Lipinski definition) is 3. The third kappa shape index (κ3) is 7.41. The number of carbonyl (C=O) groups excluding carboxylic acids is 2. The normalized spacial score (nSPS) is 11.7. The van der Waals surface area contributed by atoms with Crippen LogP contribution in [0.4, 0.5) is 0 Å². The highest BCUT2D eigenvalue weighted by Gasteiger charge is 2.28. The van der Waals surface area contributed by atoms with Gasteiger partial charge in [0.15, 0.2) is 0 Å². The molecule has 1 atom stereocenters. The van der Waals surface area contributed by atoms with Gasteiger partial charge in [-0.3, -0.25) is 9.59 Å². The third-order valence-electron chi connectivity index (χ3n) is 4.62. The molecule has 4 nitrogen and oxygen atoms in total. The molecule has 6 heteroatoms. The summed E-state index contributed by atoms with van der Waals surface area (Å²) in [5.74, 6) is 0.921. The lowest BCUT2D eigenvalue weighted by atomic mass is 10.1. The molecule has 0 saturated carbocycles. The van der Waals surface area contributed by atoms with Gasteiger partial charge in [-0.15, -0.1) is 11.8 Å². The molecule has 0 bridgehead atoms. The molecule has 0 fully saturated rings. The molecule has 0 aromatic heterocycles. The van der Waals surface area contributed by atoms with Gasteiger partial charge in [-0.2, -0.15) is 0 Å². The van der Waals surface area contributed by atoms with E-state index in [1.807, 2.05) is 69.3 Å². The van der Waals surface area contributed by atoms with E-state index in [9.17, 15) is 9.59 Å². The van der Waals surface area contributed by atoms with E-state index >= 15 is 0 Å². The van der Waals surface area contributed by atoms with E-state index < -0.39 is 6.04 Å². The third-order valence-corrected chi connectivity index (χ3v) is 5.86. The Morgan fingerprint density at radius 2 is 1.66 bits per heavy atom. The van der Waals surface area contributed by atoms with Gasteiger partial charge < -0.3 is 10.2 Å². The van der Waals surface area contributed by atoms with E-state index in [4.69, 9.17) is 11.6 Å². The highest BCUT2D eigenvalue weighted by Crippen LogP contribution is 2.19. The molecular weight excluding hydrogens is 404 g/mol. The standard InChI is InChI=1S/C23H29ClN2O2S/c1-4-21(23(28)25-5-2)26(14-18-8-6-17(3)7-9-18)22(27)16-29-15-19-10-12-20(24)13-11-19/h6-13,21H,4-5,14-16H2,1-3H3,(H,25,28)/t21-/m1/s1. The van der Waals surface area contributed by atoms with Gasteiger partial charge in [0.05, 0.1) is 5.75 Å². The Balaban J connectivity index is 2.08. The lowest BCUT2D eigenvalue weighted by Gasteiger charge is -2.30. The van der Waals surface area contributed by atoms with Crippen molar-refractivity contribution in [2.24, 2.45) is 0 Å². The number of thioether (sulfide) groups is 1. The van der Waals surface area contributed by atoms with Crippen LogP contribution < -0.4 is 5.32 Å². The van der Waals surface area contributed by atoms with Crippen molar-refractivity contribution in [2.45, 2.75) is 45.5 Å². The van der Waals surface area contributed by atoms with Crippen molar-refractivity contribution in [3.63, 3.8) is 0 Å². The average molecular weight is 433 g/mol. The summed E-state index contributed by atoms with van der Waals surface area (Å²) >= 11 is 7.47. The van der Waals surface area contributed by atoms with Crippen LogP contribution in [0, 0.1) is 6.92 Å². The summed E-state index contributed by atoms with van der Waals surface area (Å²) in [6.45, 7) is 6.84. The topological polar surface area (TPSA) is 49.4 Å². The quantitative estimate of drug-likeness (QED) is 0.585. The summed E-state index contributed by atoms with van der Waals surface area (Å²) in [5.41, 5.74) is 3.31. The van der Waals surface area contributed by atoms with Crippen LogP contribution in [0.15, 0.2) is 48.5 Å². The Kier molecular flexibility index (Phi) is 9.55. The van der Waals surface area contributed by atoms with Crippen LogP contribution in [0.1, 0.15) is 37.0 Å². The second kappa shape index (κ2) is 11.9. The molecule has 0 aliphatic carbocycles. The minimum atomic E-state index is -0.472. The molecule has 2 aromatic carbocycles. The second-order valence-corrected chi connectivity index (χ2v) is 8.37. The molecule has 156 valence electrons. The SMILES string of the molecule is CCNC(=O)[C@@H](CC)N(Cc1ccc(C)cc1)C(=O)CSCc1ccc(Cl)cc1. The Labute approximate surface area is 183 Å². The van der Waals surface area contributed by atoms with E-state index in [1.165, 1.54) is 5.56 Å². The predicted octanol–water partition coefficient (Wildman–Crippen LogP) is 4.83. The van der Waals surface area contributed by atoms with Gasteiger partial charge in [-0.05, 0) is 43.5 Å². The average Bonchev–Trinajstić information content (AvgIpc) is 2.71. The number of amides is 2. The van der Waals surface area contributed by atoms with Crippen molar-refractivity contribution >= 4 is 35.2 Å². The molecule has 29 heavy (non-hydrogen) atoms. The summed E-state index contributed by atoms with van der Waals surface area (Å²) in [5, 5.41) is 3.56. The number of halogens is 1. The van der Waals surface area contributed by atoms with Gasteiger partial charge in [0.25, 0.3) is 0 Å². The largest absolute Gasteiger partial charge is 0.355 e. The molecule has 0 radical (unpaired) electrons. The number of benzene rings is 2. The summed E-state index contributed by atoms with van der Waals surface area (Å²) in [6.07, 6.45) is 0.575. The zero-order chi connectivity index (χ0) is 21.2. The number of hydrogen-bond donors (Lipinski definition) is 1. The summed E-state index contributed by atoms with van der Waals surface area (Å²) in [6, 6.07) is 15.2. The molecule has 0 unspecified atom stereocenters. The maximum absolute atomic E-state index is 13.1. The first-order valence-corrected chi connectivity index (χ1v) is 11.4. The Bertz CT molecular complexity index is 794. The van der Waals surface area contributed by atoms with Crippen LogP contribution in [0.3, 0.4) is 0 Å². The number of nitrogens with one attached hydrogen (secondary N) is 1. The van der Waals surface area contributed by atoms with Crippen molar-refractivity contribution in [3.8, 4) is 0 Å². The molecule has 2 aromatic rings. The minimum absolute atomic E-state index is 0.0253. The first-order valence-electron chi connectivity index (χ1n) is 9.89. The Morgan fingerprint density at radius 1 is 1.03 bits per heavy atom. The smallest absolute Gasteiger partial charge is 0.242 e. The van der Waals surface area contributed by atoms with Crippen LogP contribution in [0.25, 0.3) is 0 Å². The van der Waals surface area contributed by atoms with Gasteiger partial charge in [-0.1, -0.05) is 60.5 Å². The molecule has 1 N–H and O–H groups in total. The molecule has 0 aliphatic heterocycles. The van der Waals surface area contributed by atoms with Crippen LogP contribution in [-0.4, -0.2) is 35.1 Å². The van der Waals surface area contributed by atoms with E-state index in [1.54, 1.807) is 16.7 Å². The fourth-order valence-electron chi connectivity index (χ4n) is 3.02. The maximum Gasteiger partial charge on any atom is 0.242 e. The van der Waals surface area contributed by atoms with Gasteiger partial charge >= 0.3 is 0 Å². The lowest BCUT2D eigenvalue weighted by molar-refractivity contribution is -0.139. The lowest BCUT2D eigenvalue weighted by Crippen LogP contribution is -2.49. The molecule has 0 saturated heterocycles. The van der Waals surface area contributed by atoms with Crippen molar-refractivity contribution in [2.75, 3.05) is 12.3 Å². The van der Waals surface area contributed by atoms with Crippen LogP contribution in [-0.2, 0) is 21.9 Å². The van der Waals surface area contributed by atoms with Gasteiger partial charge in [-0.25, -0.2) is 0 Å². The number of carbonyl (C=O) groups is 2. The van der Waals surface area contributed by atoms with Crippen LogP contribution >= 0.6 is 23.4 Å². The maximum atomic E-state index is 13.1. The molecule has 0 heterocycles. The monoisotopic (exact) mass is 432 g/mol. The molecule has 0 spiro atoms. The highest BCUT2D eigenvalue weighted by atomic mass is 35.5. The van der Waals surface area contributed by atoms with Crippen molar-refractivity contribution in [3.05, 3.63) is 70.2 Å². The van der Waals surface area contributed by atoms with E-state index in [2.05, 4.69) is 5.32 Å².